The summed E-state index contributed by atoms with van der Waals surface area (Å²) in [4.78, 5) is 5.23. The van der Waals surface area contributed by atoms with Crippen molar-refractivity contribution in [3.63, 3.8) is 0 Å². The summed E-state index contributed by atoms with van der Waals surface area (Å²) in [6, 6.07) is 50.7. The minimum atomic E-state index is -0.146. The lowest BCUT2D eigenvalue weighted by molar-refractivity contribution is 0.443. The lowest BCUT2D eigenvalue weighted by atomic mass is 9.33. The fourth-order valence-corrected chi connectivity index (χ4v) is 12.1. The predicted molar refractivity (Wildman–Crippen MR) is 313 cm³/mol. The Morgan fingerprint density at radius 2 is 0.917 bits per heavy atom. The first-order chi connectivity index (χ1) is 33.8. The largest absolute Gasteiger partial charge is 0.456 e. The number of hydrogen-bond acceptors (Lipinski definition) is 3. The molecular formula is C68H77BN2O. The highest BCUT2D eigenvalue weighted by Crippen LogP contribution is 2.50. The molecule has 0 N–H and O–H groups in total. The molecule has 4 heteroatoms. The van der Waals surface area contributed by atoms with Gasteiger partial charge in [-0.25, -0.2) is 0 Å². The summed E-state index contributed by atoms with van der Waals surface area (Å²) in [5, 5.41) is 2.33. The van der Waals surface area contributed by atoms with Crippen molar-refractivity contribution in [3.8, 4) is 11.1 Å². The third-order valence-electron chi connectivity index (χ3n) is 16.7. The van der Waals surface area contributed by atoms with Crippen molar-refractivity contribution in [2.45, 2.75) is 169 Å². The normalized spacial score (nSPS) is 15.6. The lowest BCUT2D eigenvalue weighted by Crippen LogP contribution is -2.61. The molecule has 7 aromatic carbocycles. The number of furan rings is 1. The molecule has 0 atom stereocenters. The van der Waals surface area contributed by atoms with Gasteiger partial charge in [-0.15, -0.1) is 0 Å². The van der Waals surface area contributed by atoms with E-state index in [0.717, 1.165) is 27.6 Å². The van der Waals surface area contributed by atoms with Gasteiger partial charge in [0.05, 0.1) is 5.69 Å². The Morgan fingerprint density at radius 1 is 0.403 bits per heavy atom. The highest BCUT2D eigenvalue weighted by molar-refractivity contribution is 7.00. The maximum absolute atomic E-state index is 6.98. The number of rotatable bonds is 4. The van der Waals surface area contributed by atoms with Crippen molar-refractivity contribution in [1.29, 1.82) is 0 Å². The van der Waals surface area contributed by atoms with Gasteiger partial charge in [0.2, 0.25) is 0 Å². The summed E-state index contributed by atoms with van der Waals surface area (Å²) in [6.45, 7) is 34.9. The first kappa shape index (κ1) is 48.3. The molecule has 0 spiro atoms. The summed E-state index contributed by atoms with van der Waals surface area (Å²) >= 11 is 0. The van der Waals surface area contributed by atoms with E-state index in [0.29, 0.717) is 5.92 Å². The van der Waals surface area contributed by atoms with Crippen LogP contribution < -0.4 is 26.2 Å². The molecule has 0 bridgehead atoms. The van der Waals surface area contributed by atoms with Crippen LogP contribution in [0.4, 0.5) is 34.1 Å². The van der Waals surface area contributed by atoms with Crippen molar-refractivity contribution in [2.75, 3.05) is 9.80 Å². The van der Waals surface area contributed by atoms with Gasteiger partial charge in [-0.1, -0.05) is 196 Å². The molecule has 0 amide bonds. The van der Waals surface area contributed by atoms with E-state index in [2.05, 4.69) is 241 Å². The third kappa shape index (κ3) is 8.30. The smallest absolute Gasteiger partial charge is 0.252 e. The van der Waals surface area contributed by atoms with Gasteiger partial charge >= 0.3 is 0 Å². The average Bonchev–Trinajstić information content (AvgIpc) is 3.68. The van der Waals surface area contributed by atoms with E-state index in [1.807, 2.05) is 0 Å². The zero-order valence-corrected chi connectivity index (χ0v) is 46.1. The van der Waals surface area contributed by atoms with Gasteiger partial charge in [0, 0.05) is 50.8 Å². The summed E-state index contributed by atoms with van der Waals surface area (Å²) in [6.07, 6.45) is 6.62. The van der Waals surface area contributed by atoms with Crippen LogP contribution in [0.25, 0.3) is 33.1 Å². The number of anilines is 6. The van der Waals surface area contributed by atoms with Crippen molar-refractivity contribution in [3.05, 3.63) is 161 Å². The van der Waals surface area contributed by atoms with Gasteiger partial charge in [-0.2, -0.15) is 0 Å². The van der Waals surface area contributed by atoms with Gasteiger partial charge in [0.1, 0.15) is 11.2 Å². The minimum absolute atomic E-state index is 0.001000. The van der Waals surface area contributed by atoms with Gasteiger partial charge in [-0.05, 0) is 150 Å². The molecule has 0 unspecified atom stereocenters. The molecular weight excluding hydrogens is 872 g/mol. The summed E-state index contributed by atoms with van der Waals surface area (Å²) in [5.41, 5.74) is 23.5. The van der Waals surface area contributed by atoms with Crippen LogP contribution in [-0.4, -0.2) is 6.71 Å². The van der Waals surface area contributed by atoms with E-state index in [1.165, 1.54) is 121 Å². The van der Waals surface area contributed by atoms with Crippen LogP contribution in [0, 0.1) is 0 Å². The molecule has 1 aliphatic carbocycles. The molecule has 11 rings (SSSR count). The number of hydrogen-bond donors (Lipinski definition) is 0. The fourth-order valence-electron chi connectivity index (χ4n) is 12.1. The Kier molecular flexibility index (Phi) is 11.2. The maximum atomic E-state index is 6.98. The van der Waals surface area contributed by atoms with Crippen LogP contribution in [0.2, 0.25) is 0 Å². The highest BCUT2D eigenvalue weighted by Gasteiger charge is 2.45. The number of benzene rings is 7. The molecule has 2 aliphatic heterocycles. The Labute approximate surface area is 432 Å². The van der Waals surface area contributed by atoms with E-state index in [-0.39, 0.29) is 33.8 Å². The Hall–Kier alpha value is -6.00. The molecule has 0 saturated heterocycles. The minimum Gasteiger partial charge on any atom is -0.456 e. The second kappa shape index (κ2) is 16.8. The van der Waals surface area contributed by atoms with E-state index >= 15 is 0 Å². The van der Waals surface area contributed by atoms with Crippen LogP contribution in [0.15, 0.2) is 132 Å². The van der Waals surface area contributed by atoms with Crippen molar-refractivity contribution >= 4 is 79.2 Å². The average molecular weight is 949 g/mol. The molecule has 1 saturated carbocycles. The van der Waals surface area contributed by atoms with Crippen LogP contribution in [0.1, 0.15) is 175 Å². The van der Waals surface area contributed by atoms with Crippen molar-refractivity contribution in [2.24, 2.45) is 0 Å². The molecule has 3 heterocycles. The quantitative estimate of drug-likeness (QED) is 0.164. The molecule has 3 nitrogen and oxygen atoms in total. The second-order valence-electron chi connectivity index (χ2n) is 27.0. The first-order valence-corrected chi connectivity index (χ1v) is 27.1. The molecule has 72 heavy (non-hydrogen) atoms. The molecule has 0 radical (unpaired) electrons. The SMILES string of the molecule is CC(C)(C)c1ccc(N2c3cc4oc5cc(C(C)(C)C)ccc5c4cc3B3c4cc(C(C)(C)C)ccc4N(c4ccc(C(C)(C)C)cc4-c4ccc(C5CCCCC5)cc4)c4cc(C(C)(C)C)cc2c43)cc1. The zero-order chi connectivity index (χ0) is 51.0. The van der Waals surface area contributed by atoms with E-state index in [9.17, 15) is 0 Å². The predicted octanol–water partition coefficient (Wildman–Crippen LogP) is 17.9. The third-order valence-corrected chi connectivity index (χ3v) is 16.7. The lowest BCUT2D eigenvalue weighted by Gasteiger charge is -2.46. The molecule has 1 fully saturated rings. The van der Waals surface area contributed by atoms with E-state index in [4.69, 9.17) is 4.42 Å². The molecule has 1 aromatic heterocycles. The van der Waals surface area contributed by atoms with Gasteiger partial charge in [0.25, 0.3) is 6.71 Å². The van der Waals surface area contributed by atoms with E-state index < -0.39 is 0 Å². The first-order valence-electron chi connectivity index (χ1n) is 27.1. The fraction of sp³-hybridized carbons (Fsp3) is 0.382. The van der Waals surface area contributed by atoms with E-state index in [1.54, 1.807) is 0 Å². The highest BCUT2D eigenvalue weighted by atomic mass is 16.3. The van der Waals surface area contributed by atoms with Gasteiger partial charge < -0.3 is 14.2 Å². The van der Waals surface area contributed by atoms with Crippen LogP contribution >= 0.6 is 0 Å². The summed E-state index contributed by atoms with van der Waals surface area (Å²) in [7, 11) is 0. The Morgan fingerprint density at radius 3 is 1.53 bits per heavy atom. The number of nitrogens with zero attached hydrogens (tertiary/aromatic N) is 2. The summed E-state index contributed by atoms with van der Waals surface area (Å²) in [5.74, 6) is 0.653. The number of fused-ring (bicyclic) bond motifs is 7. The second-order valence-corrected chi connectivity index (χ2v) is 27.0. The van der Waals surface area contributed by atoms with Gasteiger partial charge in [-0.3, -0.25) is 0 Å². The topological polar surface area (TPSA) is 19.6 Å². The Bertz CT molecular complexity index is 3400. The molecule has 368 valence electrons. The van der Waals surface area contributed by atoms with Crippen molar-refractivity contribution < 1.29 is 4.42 Å². The van der Waals surface area contributed by atoms with Crippen LogP contribution in [0.3, 0.4) is 0 Å². The molecule has 3 aliphatic rings. The maximum Gasteiger partial charge on any atom is 0.252 e. The summed E-state index contributed by atoms with van der Waals surface area (Å²) < 4.78 is 6.98. The monoisotopic (exact) mass is 949 g/mol. The van der Waals surface area contributed by atoms with Gasteiger partial charge in [0.15, 0.2) is 0 Å². The Balaban J connectivity index is 1.24. The standard InChI is InChI=1S/C68H77BN2O/c1-64(2,3)45-25-30-50(31-26-45)70-58-41-62-53(51-32-27-48(67(10,11)12)39-61(51)72-62)40-55(58)69-54-36-47(66(7,8)9)29-34-57(54)71(60-38-49(68(13,14)15)37-59(70)63(60)69)56-33-28-46(65(4,5)6)35-52(56)44-23-21-43(22-24-44)42-19-17-16-18-20-42/h21-42H,16-20H2,1-15H3. The molecule has 8 aromatic rings. The van der Waals surface area contributed by atoms with Crippen LogP contribution in [-0.2, 0) is 27.1 Å². The van der Waals surface area contributed by atoms with Crippen molar-refractivity contribution in [1.82, 2.24) is 0 Å². The zero-order valence-electron chi connectivity index (χ0n) is 46.1. The van der Waals surface area contributed by atoms with Crippen LogP contribution in [0.5, 0.6) is 0 Å².